The number of ether oxygens (including phenoxy) is 1. The third kappa shape index (κ3) is 3.24. The van der Waals surface area contributed by atoms with E-state index < -0.39 is 17.7 Å². The molecule has 0 unspecified atom stereocenters. The van der Waals surface area contributed by atoms with Crippen LogP contribution in [-0.4, -0.2) is 18.2 Å². The first kappa shape index (κ1) is 16.4. The number of aromatic hydroxyl groups is 1. The zero-order valence-electron chi connectivity index (χ0n) is 11.2. The molecule has 0 aromatic heterocycles. The van der Waals surface area contributed by atoms with E-state index in [-0.39, 0.29) is 15.8 Å². The zero-order chi connectivity index (χ0) is 16.5. The summed E-state index contributed by atoms with van der Waals surface area (Å²) in [5.74, 6) is -1.03. The van der Waals surface area contributed by atoms with E-state index >= 15 is 0 Å². The fourth-order valence-corrected chi connectivity index (χ4v) is 2.34. The molecular weight excluding hydrogens is 365 g/mol. The molecule has 0 radical (unpaired) electrons. The molecule has 0 aliphatic rings. The van der Waals surface area contributed by atoms with Crippen LogP contribution in [0.15, 0.2) is 40.9 Å². The Morgan fingerprint density at radius 3 is 2.23 bits per heavy atom. The molecule has 0 aliphatic heterocycles. The average molecular weight is 375 g/mol. The van der Waals surface area contributed by atoms with Gasteiger partial charge < -0.3 is 9.84 Å². The van der Waals surface area contributed by atoms with Crippen LogP contribution < -0.4 is 0 Å². The lowest BCUT2D eigenvalue weighted by Crippen LogP contribution is -2.04. The number of phenols is 1. The fraction of sp³-hybridized carbons (Fsp3) is 0.133. The number of esters is 1. The van der Waals surface area contributed by atoms with Gasteiger partial charge in [-0.3, -0.25) is 0 Å². The van der Waals surface area contributed by atoms with Crippen LogP contribution in [0.1, 0.15) is 15.9 Å². The number of hydrogen-bond acceptors (Lipinski definition) is 3. The molecule has 0 saturated heterocycles. The Kier molecular flexibility index (Phi) is 4.46. The highest BCUT2D eigenvalue weighted by molar-refractivity contribution is 9.10. The number of phenolic OH excluding ortho intramolecular Hbond substituents is 1. The van der Waals surface area contributed by atoms with Gasteiger partial charge in [0.2, 0.25) is 0 Å². The molecule has 1 N–H and O–H groups in total. The van der Waals surface area contributed by atoms with Crippen LogP contribution >= 0.6 is 15.9 Å². The largest absolute Gasteiger partial charge is 0.506 e. The monoisotopic (exact) mass is 374 g/mol. The molecule has 0 amide bonds. The van der Waals surface area contributed by atoms with Crippen molar-refractivity contribution in [3.05, 3.63) is 52.0 Å². The molecule has 0 bridgehead atoms. The van der Waals surface area contributed by atoms with E-state index in [1.807, 2.05) is 0 Å². The maximum atomic E-state index is 12.6. The van der Waals surface area contributed by atoms with Crippen molar-refractivity contribution in [3.8, 4) is 16.9 Å². The van der Waals surface area contributed by atoms with Crippen LogP contribution in [0.3, 0.4) is 0 Å². The Labute approximate surface area is 132 Å². The van der Waals surface area contributed by atoms with Crippen molar-refractivity contribution in [3.63, 3.8) is 0 Å². The zero-order valence-corrected chi connectivity index (χ0v) is 12.8. The van der Waals surface area contributed by atoms with Crippen molar-refractivity contribution in [2.45, 2.75) is 6.18 Å². The van der Waals surface area contributed by atoms with E-state index in [1.165, 1.54) is 31.4 Å². The Bertz CT molecular complexity index is 709. The van der Waals surface area contributed by atoms with Gasteiger partial charge in [-0.1, -0.05) is 12.1 Å². The summed E-state index contributed by atoms with van der Waals surface area (Å²) in [5, 5.41) is 9.82. The summed E-state index contributed by atoms with van der Waals surface area (Å²) in [6.45, 7) is 0. The second kappa shape index (κ2) is 6.00. The third-order valence-electron chi connectivity index (χ3n) is 3.01. The summed E-state index contributed by atoms with van der Waals surface area (Å²) < 4.78 is 42.5. The lowest BCUT2D eigenvalue weighted by molar-refractivity contribution is -0.137. The highest BCUT2D eigenvalue weighted by atomic mass is 79.9. The second-order valence-corrected chi connectivity index (χ2v) is 5.28. The lowest BCUT2D eigenvalue weighted by Gasteiger charge is -2.10. The Morgan fingerprint density at radius 1 is 1.14 bits per heavy atom. The lowest BCUT2D eigenvalue weighted by atomic mass is 10.0. The van der Waals surface area contributed by atoms with Gasteiger partial charge in [-0.25, -0.2) is 4.79 Å². The molecule has 22 heavy (non-hydrogen) atoms. The van der Waals surface area contributed by atoms with Gasteiger partial charge in [-0.15, -0.1) is 0 Å². The first-order valence-electron chi connectivity index (χ1n) is 6.02. The van der Waals surface area contributed by atoms with E-state index in [4.69, 9.17) is 0 Å². The van der Waals surface area contributed by atoms with E-state index in [1.54, 1.807) is 0 Å². The van der Waals surface area contributed by atoms with Crippen LogP contribution in [0.4, 0.5) is 13.2 Å². The van der Waals surface area contributed by atoms with E-state index in [9.17, 15) is 23.1 Å². The minimum atomic E-state index is -4.41. The number of hydrogen-bond donors (Lipinski definition) is 1. The van der Waals surface area contributed by atoms with Gasteiger partial charge >= 0.3 is 12.1 Å². The second-order valence-electron chi connectivity index (χ2n) is 4.42. The maximum Gasteiger partial charge on any atom is 0.416 e. The molecule has 2 aromatic rings. The molecule has 0 saturated carbocycles. The van der Waals surface area contributed by atoms with Crippen LogP contribution in [0.5, 0.6) is 5.75 Å². The van der Waals surface area contributed by atoms with Crippen molar-refractivity contribution in [2.24, 2.45) is 0 Å². The van der Waals surface area contributed by atoms with Gasteiger partial charge in [0.05, 0.1) is 17.1 Å². The highest BCUT2D eigenvalue weighted by Gasteiger charge is 2.30. The summed E-state index contributed by atoms with van der Waals surface area (Å²) in [6, 6.07) is 7.35. The summed E-state index contributed by atoms with van der Waals surface area (Å²) in [4.78, 5) is 11.6. The van der Waals surface area contributed by atoms with Crippen molar-refractivity contribution in [1.29, 1.82) is 0 Å². The topological polar surface area (TPSA) is 46.5 Å². The summed E-state index contributed by atoms with van der Waals surface area (Å²) in [6.07, 6.45) is -4.41. The van der Waals surface area contributed by atoms with Crippen LogP contribution in [-0.2, 0) is 10.9 Å². The molecule has 2 aromatic carbocycles. The summed E-state index contributed by atoms with van der Waals surface area (Å²) in [5.41, 5.74) is 0.103. The molecule has 3 nitrogen and oxygen atoms in total. The number of halogens is 4. The molecular formula is C15H10BrF3O3. The molecule has 0 aliphatic carbocycles. The minimum Gasteiger partial charge on any atom is -0.506 e. The number of carbonyl (C=O) groups is 1. The first-order chi connectivity index (χ1) is 10.2. The predicted molar refractivity (Wildman–Crippen MR) is 77.6 cm³/mol. The SMILES string of the molecule is COC(=O)c1cc(-c2ccc(C(F)(F)F)cc2)cc(Br)c1O. The molecule has 116 valence electrons. The average Bonchev–Trinajstić information content (AvgIpc) is 2.48. The smallest absolute Gasteiger partial charge is 0.416 e. The molecule has 7 heteroatoms. The van der Waals surface area contributed by atoms with E-state index in [2.05, 4.69) is 20.7 Å². The summed E-state index contributed by atoms with van der Waals surface area (Å²) >= 11 is 3.10. The molecule has 0 spiro atoms. The van der Waals surface area contributed by atoms with Crippen molar-refractivity contribution >= 4 is 21.9 Å². The quantitative estimate of drug-likeness (QED) is 0.779. The fourth-order valence-electron chi connectivity index (χ4n) is 1.88. The normalized spacial score (nSPS) is 11.3. The molecule has 2 rings (SSSR count). The van der Waals surface area contributed by atoms with Gasteiger partial charge in [0.1, 0.15) is 11.3 Å². The Morgan fingerprint density at radius 2 is 1.73 bits per heavy atom. The predicted octanol–water partition coefficient (Wildman–Crippen LogP) is 4.63. The standard InChI is InChI=1S/C15H10BrF3O3/c1-22-14(21)11-6-9(7-12(16)13(11)20)8-2-4-10(5-3-8)15(17,18)19/h2-7,20H,1H3. The van der Waals surface area contributed by atoms with E-state index in [0.29, 0.717) is 11.1 Å². The van der Waals surface area contributed by atoms with Gasteiger partial charge in [0, 0.05) is 0 Å². The summed E-state index contributed by atoms with van der Waals surface area (Å²) in [7, 11) is 1.17. The van der Waals surface area contributed by atoms with Crippen LogP contribution in [0, 0.1) is 0 Å². The number of rotatable bonds is 2. The van der Waals surface area contributed by atoms with Crippen molar-refractivity contribution < 1.29 is 27.8 Å². The Hall–Kier alpha value is -2.02. The van der Waals surface area contributed by atoms with E-state index in [0.717, 1.165) is 12.1 Å². The van der Waals surface area contributed by atoms with Crippen molar-refractivity contribution in [2.75, 3.05) is 7.11 Å². The third-order valence-corrected chi connectivity index (χ3v) is 3.62. The molecule has 0 fully saturated rings. The maximum absolute atomic E-state index is 12.6. The highest BCUT2D eigenvalue weighted by Crippen LogP contribution is 2.35. The Balaban J connectivity index is 2.49. The minimum absolute atomic E-state index is 0.0771. The molecule has 0 heterocycles. The van der Waals surface area contributed by atoms with Gasteiger partial charge in [-0.2, -0.15) is 13.2 Å². The molecule has 0 atom stereocenters. The first-order valence-corrected chi connectivity index (χ1v) is 6.82. The van der Waals surface area contributed by atoms with Crippen LogP contribution in [0.2, 0.25) is 0 Å². The van der Waals surface area contributed by atoms with Gasteiger partial charge in [0.15, 0.2) is 0 Å². The number of carbonyl (C=O) groups excluding carboxylic acids is 1. The number of benzene rings is 2. The van der Waals surface area contributed by atoms with Gasteiger partial charge in [-0.05, 0) is 51.3 Å². The number of alkyl halides is 3. The number of methoxy groups -OCH3 is 1. The van der Waals surface area contributed by atoms with Crippen molar-refractivity contribution in [1.82, 2.24) is 0 Å². The van der Waals surface area contributed by atoms with Crippen LogP contribution in [0.25, 0.3) is 11.1 Å². The van der Waals surface area contributed by atoms with Gasteiger partial charge in [0.25, 0.3) is 0 Å².